The summed E-state index contributed by atoms with van der Waals surface area (Å²) in [5.74, 6) is 0.869. The number of ether oxygens (including phenoxy) is 1. The topological polar surface area (TPSA) is 55.3 Å². The molecule has 6 heteroatoms. The summed E-state index contributed by atoms with van der Waals surface area (Å²) in [4.78, 5) is 8.71. The predicted octanol–water partition coefficient (Wildman–Crippen LogP) is 3.96. The van der Waals surface area contributed by atoms with Crippen LogP contribution in [0.1, 0.15) is 13.8 Å². The number of nitrogens with zero attached hydrogens (tertiary/aromatic N) is 5. The summed E-state index contributed by atoms with van der Waals surface area (Å²) in [5.41, 5.74) is 4.95. The van der Waals surface area contributed by atoms with Crippen LogP contribution >= 0.6 is 0 Å². The van der Waals surface area contributed by atoms with Gasteiger partial charge in [-0.05, 0) is 42.3 Å². The molecule has 0 aliphatic heterocycles. The minimum absolute atomic E-state index is 0.663. The normalized spacial score (nSPS) is 11.7. The standard InChI is InChI=1S/C23H24N5O/c1-3-27(4-2)13-14-29-21-7-5-18(6-8-21)20-15-25-23-22(16-26-28(23)17-20)19-9-11-24-12-10-19/h3,5-12,15-17H,4,13-14H2,1-2H3/q+1. The van der Waals surface area contributed by atoms with Gasteiger partial charge in [0.2, 0.25) is 0 Å². The summed E-state index contributed by atoms with van der Waals surface area (Å²) in [7, 11) is 0. The number of fused-ring (bicyclic) bond motifs is 1. The van der Waals surface area contributed by atoms with E-state index in [4.69, 9.17) is 4.74 Å². The number of rotatable bonds is 7. The Hall–Kier alpha value is -3.54. The molecule has 0 atom stereocenters. The maximum atomic E-state index is 5.85. The molecule has 4 rings (SSSR count). The van der Waals surface area contributed by atoms with Crippen molar-refractivity contribution in [1.29, 1.82) is 0 Å². The second-order valence-electron chi connectivity index (χ2n) is 6.66. The first kappa shape index (κ1) is 18.8. The Kier molecular flexibility index (Phi) is 5.61. The summed E-state index contributed by atoms with van der Waals surface area (Å²) in [6, 6.07) is 12.0. The zero-order valence-corrected chi connectivity index (χ0v) is 16.7. The minimum Gasteiger partial charge on any atom is -0.487 e. The van der Waals surface area contributed by atoms with Gasteiger partial charge in [-0.15, -0.1) is 0 Å². The van der Waals surface area contributed by atoms with Crippen LogP contribution in [-0.2, 0) is 0 Å². The summed E-state index contributed by atoms with van der Waals surface area (Å²) in [5, 5.41) is 4.47. The van der Waals surface area contributed by atoms with Gasteiger partial charge in [0.1, 0.15) is 25.1 Å². The third kappa shape index (κ3) is 4.16. The van der Waals surface area contributed by atoms with Gasteiger partial charge in [0, 0.05) is 42.8 Å². The Morgan fingerprint density at radius 3 is 2.52 bits per heavy atom. The van der Waals surface area contributed by atoms with E-state index in [1.54, 1.807) is 12.4 Å². The fourth-order valence-corrected chi connectivity index (χ4v) is 3.25. The van der Waals surface area contributed by atoms with Crippen molar-refractivity contribution >= 4 is 11.9 Å². The lowest BCUT2D eigenvalue weighted by molar-refractivity contribution is -0.521. The average Bonchev–Trinajstić information content (AvgIpc) is 3.21. The molecule has 0 spiro atoms. The number of hydrogen-bond donors (Lipinski definition) is 0. The fourth-order valence-electron chi connectivity index (χ4n) is 3.25. The Morgan fingerprint density at radius 2 is 1.79 bits per heavy atom. The molecule has 0 aliphatic rings. The van der Waals surface area contributed by atoms with E-state index in [0.29, 0.717) is 6.61 Å². The summed E-state index contributed by atoms with van der Waals surface area (Å²) in [6.07, 6.45) is 11.4. The van der Waals surface area contributed by atoms with Gasteiger partial charge in [-0.1, -0.05) is 12.1 Å². The molecule has 146 valence electrons. The summed E-state index contributed by atoms with van der Waals surface area (Å²) in [6.45, 7) is 6.72. The Bertz CT molecular complexity index is 1120. The first-order valence-corrected chi connectivity index (χ1v) is 9.79. The molecule has 0 aliphatic carbocycles. The molecule has 0 saturated carbocycles. The Labute approximate surface area is 170 Å². The molecule has 6 nitrogen and oxygen atoms in total. The molecule has 3 heterocycles. The highest BCUT2D eigenvalue weighted by molar-refractivity contribution is 5.77. The van der Waals surface area contributed by atoms with Crippen LogP contribution in [0.4, 0.5) is 0 Å². The Morgan fingerprint density at radius 1 is 1.00 bits per heavy atom. The van der Waals surface area contributed by atoms with Crippen LogP contribution in [0.15, 0.2) is 67.4 Å². The van der Waals surface area contributed by atoms with Crippen molar-refractivity contribution in [2.75, 3.05) is 19.7 Å². The van der Waals surface area contributed by atoms with Gasteiger partial charge in [0.25, 0.3) is 0 Å². The molecule has 0 saturated heterocycles. The number of likely N-dealkylation sites (N-methyl/N-ethyl adjacent to an activating group) is 1. The summed E-state index contributed by atoms with van der Waals surface area (Å²) < 4.78 is 9.89. The van der Waals surface area contributed by atoms with Gasteiger partial charge >= 0.3 is 0 Å². The van der Waals surface area contributed by atoms with Crippen molar-refractivity contribution in [2.45, 2.75) is 13.8 Å². The number of hydrogen-bond acceptors (Lipinski definition) is 4. The van der Waals surface area contributed by atoms with Crippen LogP contribution in [0.3, 0.4) is 0 Å². The van der Waals surface area contributed by atoms with Crippen LogP contribution in [0.2, 0.25) is 0 Å². The monoisotopic (exact) mass is 386 g/mol. The second-order valence-corrected chi connectivity index (χ2v) is 6.66. The lowest BCUT2D eigenvalue weighted by atomic mass is 10.1. The first-order valence-electron chi connectivity index (χ1n) is 9.79. The van der Waals surface area contributed by atoms with Gasteiger partial charge in [-0.2, -0.15) is 5.10 Å². The predicted molar refractivity (Wildman–Crippen MR) is 115 cm³/mol. The number of benzene rings is 1. The van der Waals surface area contributed by atoms with E-state index in [-0.39, 0.29) is 0 Å². The maximum Gasteiger partial charge on any atom is 0.176 e. The molecule has 0 amide bonds. The van der Waals surface area contributed by atoms with Crippen LogP contribution in [0.5, 0.6) is 5.75 Å². The molecule has 4 aromatic rings. The average molecular weight is 386 g/mol. The number of aromatic nitrogens is 4. The summed E-state index contributed by atoms with van der Waals surface area (Å²) >= 11 is 0. The van der Waals surface area contributed by atoms with Crippen molar-refractivity contribution in [1.82, 2.24) is 19.6 Å². The number of pyridine rings is 1. The largest absolute Gasteiger partial charge is 0.487 e. The lowest BCUT2D eigenvalue weighted by Crippen LogP contribution is -2.19. The molecular formula is C23H24N5O+. The molecular weight excluding hydrogens is 362 g/mol. The van der Waals surface area contributed by atoms with Gasteiger partial charge < -0.3 is 4.74 Å². The maximum absolute atomic E-state index is 5.85. The fraction of sp³-hybridized carbons (Fsp3) is 0.217. The highest BCUT2D eigenvalue weighted by Gasteiger charge is 2.09. The van der Waals surface area contributed by atoms with Gasteiger partial charge in [-0.3, -0.25) is 4.98 Å². The van der Waals surface area contributed by atoms with Crippen LogP contribution in [-0.4, -0.2) is 50.1 Å². The highest BCUT2D eigenvalue weighted by Crippen LogP contribution is 2.26. The third-order valence-corrected chi connectivity index (χ3v) is 4.95. The van der Waals surface area contributed by atoms with Gasteiger partial charge in [0.15, 0.2) is 12.2 Å². The van der Waals surface area contributed by atoms with E-state index in [0.717, 1.165) is 46.7 Å². The van der Waals surface area contributed by atoms with Crippen LogP contribution < -0.4 is 4.74 Å². The van der Waals surface area contributed by atoms with E-state index < -0.39 is 0 Å². The van der Waals surface area contributed by atoms with Crippen molar-refractivity contribution in [3.63, 3.8) is 0 Å². The van der Waals surface area contributed by atoms with E-state index in [1.807, 2.05) is 54.3 Å². The van der Waals surface area contributed by atoms with E-state index in [9.17, 15) is 0 Å². The molecule has 0 bridgehead atoms. The van der Waals surface area contributed by atoms with Crippen molar-refractivity contribution in [2.24, 2.45) is 0 Å². The van der Waals surface area contributed by atoms with Crippen molar-refractivity contribution in [3.8, 4) is 28.0 Å². The van der Waals surface area contributed by atoms with E-state index in [2.05, 4.69) is 44.9 Å². The zero-order valence-electron chi connectivity index (χ0n) is 16.7. The third-order valence-electron chi connectivity index (χ3n) is 4.95. The van der Waals surface area contributed by atoms with Gasteiger partial charge in [-0.25, -0.2) is 14.1 Å². The molecule has 0 N–H and O–H groups in total. The first-order chi connectivity index (χ1) is 14.3. The molecule has 3 aromatic heterocycles. The SMILES string of the molecule is CC=[N+](CC)CCOc1ccc(-c2cnc3c(-c4ccncc4)cnn3c2)cc1. The molecule has 1 aromatic carbocycles. The molecule has 0 unspecified atom stereocenters. The smallest absolute Gasteiger partial charge is 0.176 e. The van der Waals surface area contributed by atoms with Crippen LogP contribution in [0.25, 0.3) is 27.9 Å². The molecule has 0 fully saturated rings. The van der Waals surface area contributed by atoms with E-state index in [1.165, 1.54) is 0 Å². The van der Waals surface area contributed by atoms with Crippen molar-refractivity contribution < 1.29 is 9.31 Å². The van der Waals surface area contributed by atoms with E-state index >= 15 is 0 Å². The minimum atomic E-state index is 0.663. The highest BCUT2D eigenvalue weighted by atomic mass is 16.5. The quantitative estimate of drug-likeness (QED) is 0.356. The molecule has 0 radical (unpaired) electrons. The second kappa shape index (κ2) is 8.65. The molecule has 29 heavy (non-hydrogen) atoms. The lowest BCUT2D eigenvalue weighted by Gasteiger charge is -2.07. The Balaban J connectivity index is 1.50. The van der Waals surface area contributed by atoms with Crippen molar-refractivity contribution in [3.05, 3.63) is 67.4 Å². The van der Waals surface area contributed by atoms with Crippen LogP contribution in [0, 0.1) is 0 Å². The zero-order chi connectivity index (χ0) is 20.1. The van der Waals surface area contributed by atoms with Gasteiger partial charge in [0.05, 0.1) is 6.20 Å².